The van der Waals surface area contributed by atoms with Gasteiger partial charge < -0.3 is 4.90 Å². The molecule has 0 radical (unpaired) electrons. The van der Waals surface area contributed by atoms with Crippen LogP contribution in [0.4, 0.5) is 17.1 Å². The van der Waals surface area contributed by atoms with Crippen molar-refractivity contribution in [3.8, 4) is 35.5 Å². The molecule has 0 saturated carbocycles. The van der Waals surface area contributed by atoms with Crippen molar-refractivity contribution in [2.75, 3.05) is 4.90 Å². The van der Waals surface area contributed by atoms with Crippen molar-refractivity contribution in [3.63, 3.8) is 0 Å². The molecule has 0 aliphatic carbocycles. The van der Waals surface area contributed by atoms with E-state index in [1.165, 1.54) is 0 Å². The minimum absolute atomic E-state index is 0.982. The fourth-order valence-corrected chi connectivity index (χ4v) is 5.69. The number of thiophene rings is 3. The fourth-order valence-electron chi connectivity index (χ4n) is 3.98. The standard InChI is InChI=1S/C36H21NS3/c1-4-34(38-25-1)22-13-28-7-16-31(17-8-28)37(32-18-9-29(10-19-32)14-23-35-5-2-26-39-35)33-20-11-30(12-21-33)15-24-36-6-3-27-40-36/h1-12,16-21,25-27H. The van der Waals surface area contributed by atoms with Crippen molar-refractivity contribution < 1.29 is 0 Å². The second kappa shape index (κ2) is 12.4. The normalized spacial score (nSPS) is 9.90. The van der Waals surface area contributed by atoms with Crippen molar-refractivity contribution in [2.24, 2.45) is 0 Å². The summed E-state index contributed by atoms with van der Waals surface area (Å²) in [5.74, 6) is 19.5. The van der Waals surface area contributed by atoms with Gasteiger partial charge in [0, 0.05) is 33.8 Å². The highest BCUT2D eigenvalue weighted by atomic mass is 32.1. The van der Waals surface area contributed by atoms with Crippen LogP contribution in [-0.2, 0) is 0 Å². The van der Waals surface area contributed by atoms with Gasteiger partial charge in [-0.3, -0.25) is 0 Å². The number of rotatable bonds is 3. The Morgan fingerprint density at radius 1 is 0.350 bits per heavy atom. The van der Waals surface area contributed by atoms with E-state index in [1.807, 2.05) is 52.5 Å². The average molecular weight is 564 g/mol. The molecule has 0 amide bonds. The van der Waals surface area contributed by atoms with Crippen molar-refractivity contribution >= 4 is 51.1 Å². The van der Waals surface area contributed by atoms with Crippen molar-refractivity contribution in [2.45, 2.75) is 0 Å². The molecule has 0 N–H and O–H groups in total. The molecule has 3 heterocycles. The summed E-state index contributed by atoms with van der Waals surface area (Å²) in [7, 11) is 0. The van der Waals surface area contributed by atoms with E-state index in [0.29, 0.717) is 0 Å². The lowest BCUT2D eigenvalue weighted by molar-refractivity contribution is 1.28. The van der Waals surface area contributed by atoms with Crippen LogP contribution in [-0.4, -0.2) is 0 Å². The highest BCUT2D eigenvalue weighted by molar-refractivity contribution is 7.11. The Kier molecular flexibility index (Phi) is 7.91. The minimum atomic E-state index is 0.982. The van der Waals surface area contributed by atoms with Gasteiger partial charge in [-0.25, -0.2) is 0 Å². The monoisotopic (exact) mass is 563 g/mol. The fraction of sp³-hybridized carbons (Fsp3) is 0. The molecule has 0 unspecified atom stereocenters. The van der Waals surface area contributed by atoms with Gasteiger partial charge >= 0.3 is 0 Å². The first kappa shape index (κ1) is 25.5. The summed E-state index contributed by atoms with van der Waals surface area (Å²) in [4.78, 5) is 5.43. The lowest BCUT2D eigenvalue weighted by atomic mass is 10.1. The molecular weight excluding hydrogens is 543 g/mol. The van der Waals surface area contributed by atoms with Gasteiger partial charge in [-0.1, -0.05) is 53.7 Å². The quantitative estimate of drug-likeness (QED) is 0.194. The molecule has 40 heavy (non-hydrogen) atoms. The van der Waals surface area contributed by atoms with E-state index in [1.54, 1.807) is 34.0 Å². The smallest absolute Gasteiger partial charge is 0.0772 e. The molecule has 6 aromatic rings. The van der Waals surface area contributed by atoms with E-state index in [2.05, 4.69) is 113 Å². The molecular formula is C36H21NS3. The van der Waals surface area contributed by atoms with Crippen molar-refractivity contribution in [1.82, 2.24) is 0 Å². The van der Waals surface area contributed by atoms with E-state index >= 15 is 0 Å². The average Bonchev–Trinajstić information content (AvgIpc) is 3.81. The maximum Gasteiger partial charge on any atom is 0.0772 e. The molecule has 1 nitrogen and oxygen atoms in total. The molecule has 0 saturated heterocycles. The third kappa shape index (κ3) is 6.44. The highest BCUT2D eigenvalue weighted by Crippen LogP contribution is 2.34. The lowest BCUT2D eigenvalue weighted by Gasteiger charge is -2.25. The van der Waals surface area contributed by atoms with Crippen molar-refractivity contribution in [3.05, 3.63) is 157 Å². The molecule has 3 aromatic carbocycles. The molecule has 3 aromatic heterocycles. The Bertz CT molecular complexity index is 1630. The van der Waals surface area contributed by atoms with Crippen LogP contribution in [0.1, 0.15) is 31.3 Å². The summed E-state index contributed by atoms with van der Waals surface area (Å²) >= 11 is 4.96. The first-order valence-corrected chi connectivity index (χ1v) is 15.2. The Morgan fingerprint density at radius 2 is 0.650 bits per heavy atom. The van der Waals surface area contributed by atoms with Gasteiger partial charge in [0.15, 0.2) is 0 Å². The maximum atomic E-state index is 3.27. The van der Waals surface area contributed by atoms with Crippen LogP contribution in [0.3, 0.4) is 0 Å². The largest absolute Gasteiger partial charge is 0.311 e. The van der Waals surface area contributed by atoms with Gasteiger partial charge in [0.1, 0.15) is 0 Å². The van der Waals surface area contributed by atoms with Crippen LogP contribution in [0.5, 0.6) is 0 Å². The maximum absolute atomic E-state index is 3.27. The molecule has 0 spiro atoms. The van der Waals surface area contributed by atoms with Gasteiger partial charge in [-0.05, 0) is 107 Å². The zero-order valence-electron chi connectivity index (χ0n) is 21.3. The zero-order valence-corrected chi connectivity index (χ0v) is 23.7. The molecule has 0 aliphatic heterocycles. The predicted octanol–water partition coefficient (Wildman–Crippen LogP) is 9.54. The number of hydrogen-bond donors (Lipinski definition) is 0. The van der Waals surface area contributed by atoms with Crippen molar-refractivity contribution in [1.29, 1.82) is 0 Å². The van der Waals surface area contributed by atoms with Crippen LogP contribution in [0.25, 0.3) is 0 Å². The van der Waals surface area contributed by atoms with Crippen LogP contribution >= 0.6 is 34.0 Å². The Labute approximate surface area is 247 Å². The summed E-state index contributed by atoms with van der Waals surface area (Å²) < 4.78 is 0. The molecule has 0 aliphatic rings. The van der Waals surface area contributed by atoms with Gasteiger partial charge in [-0.15, -0.1) is 34.0 Å². The van der Waals surface area contributed by atoms with Gasteiger partial charge in [0.25, 0.3) is 0 Å². The summed E-state index contributed by atoms with van der Waals surface area (Å²) in [6, 6.07) is 37.3. The Balaban J connectivity index is 1.31. The van der Waals surface area contributed by atoms with Crippen LogP contribution < -0.4 is 4.90 Å². The third-order valence-electron chi connectivity index (χ3n) is 5.93. The van der Waals surface area contributed by atoms with E-state index in [0.717, 1.165) is 48.4 Å². The van der Waals surface area contributed by atoms with E-state index in [4.69, 9.17) is 0 Å². The minimum Gasteiger partial charge on any atom is -0.311 e. The molecule has 0 atom stereocenters. The summed E-state index contributed by atoms with van der Waals surface area (Å²) in [6.07, 6.45) is 0. The van der Waals surface area contributed by atoms with E-state index in [-0.39, 0.29) is 0 Å². The second-order valence-corrected chi connectivity index (χ2v) is 11.5. The second-order valence-electron chi connectivity index (χ2n) is 8.66. The SMILES string of the molecule is C(#Cc1cccs1)c1ccc(N(c2ccc(C#Cc3cccs3)cc2)c2ccc(C#Cc3cccs3)cc2)cc1. The first-order valence-electron chi connectivity index (χ1n) is 12.6. The van der Waals surface area contributed by atoms with Gasteiger partial charge in [-0.2, -0.15) is 0 Å². The molecule has 4 heteroatoms. The summed E-state index contributed by atoms with van der Waals surface area (Å²) in [5, 5.41) is 6.13. The Morgan fingerprint density at radius 3 is 0.900 bits per heavy atom. The summed E-state index contributed by atoms with van der Waals surface area (Å²) in [5.41, 5.74) is 6.10. The zero-order chi connectivity index (χ0) is 27.0. The molecule has 0 bridgehead atoms. The van der Waals surface area contributed by atoms with Gasteiger partial charge in [0.2, 0.25) is 0 Å². The third-order valence-corrected chi connectivity index (χ3v) is 8.29. The van der Waals surface area contributed by atoms with E-state index < -0.39 is 0 Å². The van der Waals surface area contributed by atoms with Gasteiger partial charge in [0.05, 0.1) is 14.6 Å². The topological polar surface area (TPSA) is 3.24 Å². The number of nitrogens with zero attached hydrogens (tertiary/aromatic N) is 1. The highest BCUT2D eigenvalue weighted by Gasteiger charge is 2.12. The lowest BCUT2D eigenvalue weighted by Crippen LogP contribution is -2.09. The number of benzene rings is 3. The number of anilines is 3. The molecule has 188 valence electrons. The van der Waals surface area contributed by atoms with E-state index in [9.17, 15) is 0 Å². The Hall–Kier alpha value is -4.76. The summed E-state index contributed by atoms with van der Waals surface area (Å²) in [6.45, 7) is 0. The molecule has 0 fully saturated rings. The van der Waals surface area contributed by atoms with Crippen LogP contribution in [0.2, 0.25) is 0 Å². The predicted molar refractivity (Wildman–Crippen MR) is 172 cm³/mol. The first-order chi connectivity index (χ1) is 19.8. The van der Waals surface area contributed by atoms with Crippen LogP contribution in [0.15, 0.2) is 125 Å². The molecule has 6 rings (SSSR count). The number of hydrogen-bond acceptors (Lipinski definition) is 4. The van der Waals surface area contributed by atoms with Crippen LogP contribution in [0, 0.1) is 35.5 Å².